The summed E-state index contributed by atoms with van der Waals surface area (Å²) in [4.78, 5) is 4.07. The van der Waals surface area contributed by atoms with Crippen LogP contribution >= 0.6 is 0 Å². The summed E-state index contributed by atoms with van der Waals surface area (Å²) in [6, 6.07) is 7.91. The minimum Gasteiger partial charge on any atom is -0.454 e. The summed E-state index contributed by atoms with van der Waals surface area (Å²) in [5.41, 5.74) is 0.491. The highest BCUT2D eigenvalue weighted by Gasteiger charge is 2.24. The van der Waals surface area contributed by atoms with Gasteiger partial charge < -0.3 is 9.47 Å². The van der Waals surface area contributed by atoms with Gasteiger partial charge in [-0.2, -0.15) is 0 Å². The molecule has 1 aliphatic heterocycles. The maximum atomic E-state index is 12.5. The number of hydrogen-bond acceptors (Lipinski definition) is 5. The summed E-state index contributed by atoms with van der Waals surface area (Å²) >= 11 is 0. The smallest absolute Gasteiger partial charge is 0.264 e. The largest absolute Gasteiger partial charge is 0.454 e. The van der Waals surface area contributed by atoms with Crippen LogP contribution in [-0.2, 0) is 10.0 Å². The summed E-state index contributed by atoms with van der Waals surface area (Å²) in [6.45, 7) is 0.108. The van der Waals surface area contributed by atoms with Crippen molar-refractivity contribution < 1.29 is 17.9 Å². The molecule has 0 spiro atoms. The van der Waals surface area contributed by atoms with Crippen molar-refractivity contribution in [1.82, 2.24) is 4.98 Å². The number of benzene rings is 1. The summed E-state index contributed by atoms with van der Waals surface area (Å²) in [5, 5.41) is 0. The van der Waals surface area contributed by atoms with Gasteiger partial charge in [0.15, 0.2) is 11.5 Å². The molecular weight excluding hydrogens is 280 g/mol. The third-order valence-electron chi connectivity index (χ3n) is 3.01. The molecule has 0 fully saturated rings. The lowest BCUT2D eigenvalue weighted by Gasteiger charge is -2.19. The molecule has 3 rings (SSSR count). The van der Waals surface area contributed by atoms with Crippen LogP contribution in [0.5, 0.6) is 11.5 Å². The molecule has 2 heterocycles. The zero-order valence-electron chi connectivity index (χ0n) is 10.7. The number of anilines is 1. The molecule has 0 saturated heterocycles. The first-order chi connectivity index (χ1) is 9.59. The van der Waals surface area contributed by atoms with E-state index >= 15 is 0 Å². The maximum absolute atomic E-state index is 12.5. The molecule has 6 nitrogen and oxygen atoms in total. The number of fused-ring (bicyclic) bond motifs is 1. The number of aromatic nitrogens is 1. The van der Waals surface area contributed by atoms with Crippen LogP contribution in [0, 0.1) is 0 Å². The minimum atomic E-state index is -3.66. The van der Waals surface area contributed by atoms with Crippen LogP contribution < -0.4 is 13.8 Å². The van der Waals surface area contributed by atoms with Crippen molar-refractivity contribution in [2.24, 2.45) is 0 Å². The molecule has 2 aromatic rings. The normalized spacial score (nSPS) is 13.2. The number of pyridine rings is 1. The summed E-state index contributed by atoms with van der Waals surface area (Å²) in [5.74, 6) is 0.985. The second-order valence-corrected chi connectivity index (χ2v) is 6.17. The Morgan fingerprint density at radius 2 is 2.00 bits per heavy atom. The monoisotopic (exact) mass is 292 g/mol. The summed E-state index contributed by atoms with van der Waals surface area (Å²) < 4.78 is 36.6. The van der Waals surface area contributed by atoms with E-state index in [0.717, 1.165) is 0 Å². The first-order valence-corrected chi connectivity index (χ1v) is 7.31. The predicted octanol–water partition coefficient (Wildman–Crippen LogP) is 1.64. The van der Waals surface area contributed by atoms with Crippen molar-refractivity contribution in [3.05, 3.63) is 42.7 Å². The molecule has 0 amide bonds. The second-order valence-electron chi connectivity index (χ2n) is 4.20. The van der Waals surface area contributed by atoms with Crippen LogP contribution in [0.15, 0.2) is 47.6 Å². The second kappa shape index (κ2) is 4.68. The molecule has 0 radical (unpaired) electrons. The van der Waals surface area contributed by atoms with Crippen LogP contribution in [0.3, 0.4) is 0 Å². The molecule has 0 bridgehead atoms. The molecule has 0 saturated carbocycles. The van der Waals surface area contributed by atoms with Gasteiger partial charge in [0, 0.05) is 19.3 Å². The lowest BCUT2D eigenvalue weighted by molar-refractivity contribution is 0.174. The third-order valence-corrected chi connectivity index (χ3v) is 4.79. The molecule has 1 aromatic carbocycles. The number of ether oxygens (including phenoxy) is 2. The quantitative estimate of drug-likeness (QED) is 0.860. The third kappa shape index (κ3) is 2.05. The molecule has 1 aliphatic rings. The molecule has 0 unspecified atom stereocenters. The Labute approximate surface area is 116 Å². The molecular formula is C13H12N2O4S. The van der Waals surface area contributed by atoms with E-state index in [2.05, 4.69) is 4.98 Å². The topological polar surface area (TPSA) is 68.7 Å². The zero-order chi connectivity index (χ0) is 14.2. The van der Waals surface area contributed by atoms with Crippen molar-refractivity contribution in [3.8, 4) is 11.5 Å². The predicted molar refractivity (Wildman–Crippen MR) is 72.4 cm³/mol. The average Bonchev–Trinajstić information content (AvgIpc) is 2.94. The number of rotatable bonds is 3. The first kappa shape index (κ1) is 12.7. The van der Waals surface area contributed by atoms with E-state index in [0.29, 0.717) is 17.2 Å². The van der Waals surface area contributed by atoms with Crippen molar-refractivity contribution >= 4 is 15.7 Å². The highest BCUT2D eigenvalue weighted by atomic mass is 32.2. The number of nitrogens with zero attached hydrogens (tertiary/aromatic N) is 2. The van der Waals surface area contributed by atoms with E-state index < -0.39 is 10.0 Å². The average molecular weight is 292 g/mol. The van der Waals surface area contributed by atoms with Gasteiger partial charge in [0.1, 0.15) is 0 Å². The van der Waals surface area contributed by atoms with Crippen molar-refractivity contribution in [3.63, 3.8) is 0 Å². The van der Waals surface area contributed by atoms with Gasteiger partial charge in [-0.3, -0.25) is 9.29 Å². The Kier molecular flexibility index (Phi) is 2.98. The fourth-order valence-corrected chi connectivity index (χ4v) is 3.07. The van der Waals surface area contributed by atoms with Gasteiger partial charge in [0.25, 0.3) is 10.0 Å². The standard InChI is InChI=1S/C13H12N2O4S/c1-15(10-3-2-6-14-8-10)20(16,17)11-4-5-12-13(7-11)19-9-18-12/h2-8H,9H2,1H3. The molecule has 1 aromatic heterocycles. The van der Waals surface area contributed by atoms with Crippen LogP contribution in [0.1, 0.15) is 0 Å². The van der Waals surface area contributed by atoms with E-state index in [1.807, 2.05) is 0 Å². The Bertz CT molecular complexity index is 731. The lowest BCUT2D eigenvalue weighted by atomic mass is 10.3. The van der Waals surface area contributed by atoms with E-state index in [9.17, 15) is 8.42 Å². The molecule has 0 aliphatic carbocycles. The van der Waals surface area contributed by atoms with Crippen molar-refractivity contribution in [2.45, 2.75) is 4.90 Å². The Morgan fingerprint density at radius 1 is 1.20 bits per heavy atom. The Hall–Kier alpha value is -2.28. The van der Waals surface area contributed by atoms with Gasteiger partial charge >= 0.3 is 0 Å². The van der Waals surface area contributed by atoms with Crippen molar-refractivity contribution in [2.75, 3.05) is 18.1 Å². The van der Waals surface area contributed by atoms with Gasteiger partial charge in [-0.05, 0) is 24.3 Å². The van der Waals surface area contributed by atoms with E-state index in [1.54, 1.807) is 24.4 Å². The molecule has 0 atom stereocenters. The van der Waals surface area contributed by atoms with Gasteiger partial charge in [-0.25, -0.2) is 8.42 Å². The zero-order valence-corrected chi connectivity index (χ0v) is 11.5. The summed E-state index contributed by atoms with van der Waals surface area (Å²) in [7, 11) is -2.17. The van der Waals surface area contributed by atoms with Crippen LogP contribution in [0.2, 0.25) is 0 Å². The molecule has 104 valence electrons. The highest BCUT2D eigenvalue weighted by Crippen LogP contribution is 2.35. The highest BCUT2D eigenvalue weighted by molar-refractivity contribution is 7.92. The fraction of sp³-hybridized carbons (Fsp3) is 0.154. The minimum absolute atomic E-state index is 0.108. The fourth-order valence-electron chi connectivity index (χ4n) is 1.87. The van der Waals surface area contributed by atoms with Crippen LogP contribution in [-0.4, -0.2) is 27.2 Å². The molecule has 0 N–H and O–H groups in total. The molecule has 7 heteroatoms. The number of sulfonamides is 1. The summed E-state index contributed by atoms with van der Waals surface area (Å²) in [6.07, 6.45) is 3.08. The van der Waals surface area contributed by atoms with Crippen molar-refractivity contribution in [1.29, 1.82) is 0 Å². The number of hydrogen-bond donors (Lipinski definition) is 0. The van der Waals surface area contributed by atoms with E-state index in [-0.39, 0.29) is 11.7 Å². The van der Waals surface area contributed by atoms with Gasteiger partial charge in [-0.15, -0.1) is 0 Å². The first-order valence-electron chi connectivity index (χ1n) is 5.87. The van der Waals surface area contributed by atoms with E-state index in [4.69, 9.17) is 9.47 Å². The van der Waals surface area contributed by atoms with Gasteiger partial charge in [-0.1, -0.05) is 0 Å². The Balaban J connectivity index is 2.00. The van der Waals surface area contributed by atoms with Gasteiger partial charge in [0.05, 0.1) is 16.8 Å². The maximum Gasteiger partial charge on any atom is 0.264 e. The lowest BCUT2D eigenvalue weighted by Crippen LogP contribution is -2.26. The van der Waals surface area contributed by atoms with Crippen LogP contribution in [0.4, 0.5) is 5.69 Å². The van der Waals surface area contributed by atoms with E-state index in [1.165, 1.54) is 29.7 Å². The van der Waals surface area contributed by atoms with Crippen LogP contribution in [0.25, 0.3) is 0 Å². The Morgan fingerprint density at radius 3 is 2.75 bits per heavy atom. The molecule has 20 heavy (non-hydrogen) atoms. The van der Waals surface area contributed by atoms with Gasteiger partial charge in [0.2, 0.25) is 6.79 Å². The SMILES string of the molecule is CN(c1cccnc1)S(=O)(=O)c1ccc2c(c1)OCO2.